The average molecular weight is 296 g/mol. The van der Waals surface area contributed by atoms with Gasteiger partial charge in [0.2, 0.25) is 0 Å². The van der Waals surface area contributed by atoms with Crippen molar-refractivity contribution in [2.45, 2.75) is 38.9 Å². The summed E-state index contributed by atoms with van der Waals surface area (Å²) in [6.07, 6.45) is 1.19. The predicted molar refractivity (Wildman–Crippen MR) is 92.8 cm³/mol. The first-order valence-electron chi connectivity index (χ1n) is 7.77. The molecule has 3 heteroatoms. The van der Waals surface area contributed by atoms with Gasteiger partial charge in [0.1, 0.15) is 11.9 Å². The normalized spacial score (nSPS) is 17.1. The van der Waals surface area contributed by atoms with E-state index < -0.39 is 0 Å². The Hall–Kier alpha value is -2.16. The van der Waals surface area contributed by atoms with Crippen molar-refractivity contribution in [3.8, 4) is 5.75 Å². The molecule has 1 N–H and O–H groups in total. The van der Waals surface area contributed by atoms with E-state index in [1.54, 1.807) is 7.11 Å². The molecule has 116 valence electrons. The molecule has 1 unspecified atom stereocenters. The fourth-order valence-electron chi connectivity index (χ4n) is 3.21. The third-order valence-electron chi connectivity index (χ3n) is 4.08. The van der Waals surface area contributed by atoms with Crippen LogP contribution in [0.1, 0.15) is 26.3 Å². The highest BCUT2D eigenvalue weighted by atomic mass is 16.5. The van der Waals surface area contributed by atoms with E-state index in [-0.39, 0.29) is 11.7 Å². The molecule has 0 aliphatic carbocycles. The van der Waals surface area contributed by atoms with Crippen LogP contribution in [0.25, 0.3) is 0 Å². The summed E-state index contributed by atoms with van der Waals surface area (Å²) in [7, 11) is 1.71. The molecule has 1 aliphatic heterocycles. The minimum atomic E-state index is 0.0587. The maximum absolute atomic E-state index is 5.34. The number of fused-ring (bicyclic) bond motifs is 1. The van der Waals surface area contributed by atoms with Gasteiger partial charge in [0.25, 0.3) is 0 Å². The first kappa shape index (κ1) is 14.8. The summed E-state index contributed by atoms with van der Waals surface area (Å²) in [6, 6.07) is 16.9. The Morgan fingerprint density at radius 1 is 1.09 bits per heavy atom. The molecule has 3 nitrogen and oxygen atoms in total. The summed E-state index contributed by atoms with van der Waals surface area (Å²) >= 11 is 0. The van der Waals surface area contributed by atoms with Gasteiger partial charge in [-0.05, 0) is 50.6 Å². The van der Waals surface area contributed by atoms with Crippen molar-refractivity contribution in [1.29, 1.82) is 0 Å². The fourth-order valence-corrected chi connectivity index (χ4v) is 3.21. The molecular formula is C19H24N2O. The third kappa shape index (κ3) is 2.76. The highest BCUT2D eigenvalue weighted by molar-refractivity contribution is 5.77. The van der Waals surface area contributed by atoms with E-state index in [9.17, 15) is 0 Å². The molecule has 2 aromatic rings. The fraction of sp³-hybridized carbons (Fsp3) is 0.368. The van der Waals surface area contributed by atoms with Crippen LogP contribution in [0.15, 0.2) is 48.5 Å². The molecule has 0 fully saturated rings. The molecule has 1 aliphatic rings. The Bertz CT molecular complexity index is 660. The number of methoxy groups -OCH3 is 1. The number of nitrogens with one attached hydrogen (secondary N) is 1. The van der Waals surface area contributed by atoms with Gasteiger partial charge in [-0.15, -0.1) is 0 Å². The molecule has 1 heterocycles. The third-order valence-corrected chi connectivity index (χ3v) is 4.08. The van der Waals surface area contributed by atoms with Crippen molar-refractivity contribution in [2.24, 2.45) is 0 Å². The topological polar surface area (TPSA) is 24.5 Å². The number of benzene rings is 2. The summed E-state index contributed by atoms with van der Waals surface area (Å²) in [5.41, 5.74) is 3.83. The number of nitrogens with zero attached hydrogens (tertiary/aromatic N) is 1. The van der Waals surface area contributed by atoms with Gasteiger partial charge in [0, 0.05) is 12.0 Å². The van der Waals surface area contributed by atoms with Gasteiger partial charge in [0.05, 0.1) is 18.5 Å². The first-order valence-corrected chi connectivity index (χ1v) is 7.77. The lowest BCUT2D eigenvalue weighted by Crippen LogP contribution is -2.49. The van der Waals surface area contributed by atoms with E-state index in [1.165, 1.54) is 16.9 Å². The number of hydrogen-bond acceptors (Lipinski definition) is 3. The largest absolute Gasteiger partial charge is 0.497 e. The van der Waals surface area contributed by atoms with Crippen molar-refractivity contribution in [2.75, 3.05) is 17.3 Å². The maximum atomic E-state index is 5.34. The standard InChI is InChI=1S/C19H24N2O/c1-19(2,3)21-17-11-6-5-10-16(17)20-18(21)13-14-8-7-9-15(12-14)22-4/h5-12,18,20H,13H2,1-4H3. The van der Waals surface area contributed by atoms with E-state index in [1.807, 2.05) is 6.07 Å². The predicted octanol–water partition coefficient (Wildman–Crippen LogP) is 4.29. The molecule has 2 aromatic carbocycles. The molecule has 1 atom stereocenters. The maximum Gasteiger partial charge on any atom is 0.119 e. The molecule has 0 bridgehead atoms. The second-order valence-electron chi connectivity index (χ2n) is 6.77. The van der Waals surface area contributed by atoms with Crippen molar-refractivity contribution in [3.05, 3.63) is 54.1 Å². The van der Waals surface area contributed by atoms with Crippen molar-refractivity contribution in [3.63, 3.8) is 0 Å². The zero-order valence-electron chi connectivity index (χ0n) is 13.8. The second-order valence-corrected chi connectivity index (χ2v) is 6.77. The Morgan fingerprint density at radius 3 is 2.59 bits per heavy atom. The van der Waals surface area contributed by atoms with Crippen LogP contribution in [0.2, 0.25) is 0 Å². The molecule has 0 amide bonds. The molecular weight excluding hydrogens is 272 g/mol. The first-order chi connectivity index (χ1) is 10.5. The number of hydrogen-bond donors (Lipinski definition) is 1. The van der Waals surface area contributed by atoms with E-state index in [4.69, 9.17) is 4.74 Å². The number of anilines is 2. The van der Waals surface area contributed by atoms with Crippen LogP contribution < -0.4 is 15.0 Å². The van der Waals surface area contributed by atoms with Gasteiger partial charge < -0.3 is 15.0 Å². The van der Waals surface area contributed by atoms with Gasteiger partial charge in [-0.25, -0.2) is 0 Å². The van der Waals surface area contributed by atoms with Crippen LogP contribution in [-0.4, -0.2) is 18.8 Å². The number of rotatable bonds is 3. The van der Waals surface area contributed by atoms with Crippen molar-refractivity contribution >= 4 is 11.4 Å². The number of para-hydroxylation sites is 2. The van der Waals surface area contributed by atoms with Gasteiger partial charge in [-0.3, -0.25) is 0 Å². The average Bonchev–Trinajstić information content (AvgIpc) is 2.85. The smallest absolute Gasteiger partial charge is 0.119 e. The monoisotopic (exact) mass is 296 g/mol. The summed E-state index contributed by atoms with van der Waals surface area (Å²) in [5.74, 6) is 0.912. The van der Waals surface area contributed by atoms with Crippen LogP contribution in [0.5, 0.6) is 5.75 Å². The van der Waals surface area contributed by atoms with Crippen LogP contribution in [0, 0.1) is 0 Å². The van der Waals surface area contributed by atoms with Crippen LogP contribution in [0.3, 0.4) is 0 Å². The summed E-state index contributed by atoms with van der Waals surface area (Å²) < 4.78 is 5.34. The van der Waals surface area contributed by atoms with E-state index in [0.29, 0.717) is 0 Å². The minimum absolute atomic E-state index is 0.0587. The molecule has 0 saturated carbocycles. The summed E-state index contributed by atoms with van der Waals surface area (Å²) in [6.45, 7) is 6.78. The lowest BCUT2D eigenvalue weighted by molar-refractivity contribution is 0.413. The summed E-state index contributed by atoms with van der Waals surface area (Å²) in [5, 5.41) is 3.66. The van der Waals surface area contributed by atoms with Crippen molar-refractivity contribution in [1.82, 2.24) is 0 Å². The quantitative estimate of drug-likeness (QED) is 0.914. The number of ether oxygens (including phenoxy) is 1. The molecule has 22 heavy (non-hydrogen) atoms. The lowest BCUT2D eigenvalue weighted by atomic mass is 10.0. The Balaban J connectivity index is 1.90. The molecule has 0 aromatic heterocycles. The zero-order chi connectivity index (χ0) is 15.7. The highest BCUT2D eigenvalue weighted by Crippen LogP contribution is 2.39. The van der Waals surface area contributed by atoms with Gasteiger partial charge in [-0.2, -0.15) is 0 Å². The van der Waals surface area contributed by atoms with E-state index in [0.717, 1.165) is 12.2 Å². The van der Waals surface area contributed by atoms with E-state index in [2.05, 4.69) is 73.5 Å². The van der Waals surface area contributed by atoms with Gasteiger partial charge in [-0.1, -0.05) is 24.3 Å². The summed E-state index contributed by atoms with van der Waals surface area (Å²) in [4.78, 5) is 2.47. The zero-order valence-corrected chi connectivity index (χ0v) is 13.8. The van der Waals surface area contributed by atoms with Gasteiger partial charge >= 0.3 is 0 Å². The SMILES string of the molecule is COc1cccc(CC2Nc3ccccc3N2C(C)(C)C)c1. The Labute approximate surface area is 132 Å². The Kier molecular flexibility index (Phi) is 3.73. The minimum Gasteiger partial charge on any atom is -0.497 e. The second kappa shape index (κ2) is 5.56. The Morgan fingerprint density at radius 2 is 1.86 bits per heavy atom. The van der Waals surface area contributed by atoms with Crippen LogP contribution >= 0.6 is 0 Å². The van der Waals surface area contributed by atoms with Crippen LogP contribution in [0.4, 0.5) is 11.4 Å². The van der Waals surface area contributed by atoms with Crippen molar-refractivity contribution < 1.29 is 4.74 Å². The molecule has 0 saturated heterocycles. The van der Waals surface area contributed by atoms with Gasteiger partial charge in [0.15, 0.2) is 0 Å². The molecule has 3 rings (SSSR count). The van der Waals surface area contributed by atoms with Crippen LogP contribution in [-0.2, 0) is 6.42 Å². The molecule has 0 spiro atoms. The molecule has 0 radical (unpaired) electrons. The highest BCUT2D eigenvalue weighted by Gasteiger charge is 2.35. The van der Waals surface area contributed by atoms with E-state index >= 15 is 0 Å². The lowest BCUT2D eigenvalue weighted by Gasteiger charge is -2.39.